The molecule has 8 heteroatoms. The van der Waals surface area contributed by atoms with Crippen molar-refractivity contribution >= 4 is 5.91 Å². The van der Waals surface area contributed by atoms with Gasteiger partial charge < -0.3 is 10.4 Å². The SMILES string of the molecule is Cn1cnn(CC(=O)NC[C@@H](O)c2ccccc2F)c1=O. The molecule has 0 bridgehead atoms. The molecule has 0 saturated carbocycles. The maximum Gasteiger partial charge on any atom is 0.345 e. The van der Waals surface area contributed by atoms with Crippen LogP contribution in [0.4, 0.5) is 4.39 Å². The summed E-state index contributed by atoms with van der Waals surface area (Å²) < 4.78 is 15.7. The Morgan fingerprint density at radius 1 is 1.48 bits per heavy atom. The van der Waals surface area contributed by atoms with Gasteiger partial charge in [0.1, 0.15) is 18.7 Å². The van der Waals surface area contributed by atoms with Crippen LogP contribution in [0.15, 0.2) is 35.4 Å². The highest BCUT2D eigenvalue weighted by Gasteiger charge is 2.14. The molecule has 1 aromatic heterocycles. The fraction of sp³-hybridized carbons (Fsp3) is 0.308. The van der Waals surface area contributed by atoms with Gasteiger partial charge >= 0.3 is 5.69 Å². The van der Waals surface area contributed by atoms with Gasteiger partial charge in [-0.3, -0.25) is 9.36 Å². The molecule has 0 spiro atoms. The Balaban J connectivity index is 1.91. The van der Waals surface area contributed by atoms with E-state index in [1.54, 1.807) is 6.07 Å². The largest absolute Gasteiger partial charge is 0.386 e. The number of hydrogen-bond acceptors (Lipinski definition) is 4. The lowest BCUT2D eigenvalue weighted by Crippen LogP contribution is -2.35. The van der Waals surface area contributed by atoms with Crippen LogP contribution in [0.2, 0.25) is 0 Å². The minimum atomic E-state index is -1.16. The van der Waals surface area contributed by atoms with Crippen molar-refractivity contribution in [2.45, 2.75) is 12.6 Å². The molecular formula is C13H15FN4O3. The summed E-state index contributed by atoms with van der Waals surface area (Å²) in [5.74, 6) is -1.04. The number of amides is 1. The molecule has 2 aromatic rings. The number of carbonyl (C=O) groups is 1. The molecule has 21 heavy (non-hydrogen) atoms. The van der Waals surface area contributed by atoms with Crippen LogP contribution in [0.1, 0.15) is 11.7 Å². The minimum absolute atomic E-state index is 0.104. The van der Waals surface area contributed by atoms with E-state index in [-0.39, 0.29) is 18.7 Å². The summed E-state index contributed by atoms with van der Waals surface area (Å²) in [4.78, 5) is 23.2. The second-order valence-corrected chi connectivity index (χ2v) is 4.52. The molecular weight excluding hydrogens is 279 g/mol. The van der Waals surface area contributed by atoms with E-state index < -0.39 is 23.5 Å². The zero-order valence-electron chi connectivity index (χ0n) is 11.4. The molecule has 0 unspecified atom stereocenters. The first-order chi connectivity index (χ1) is 9.99. The van der Waals surface area contributed by atoms with Crippen LogP contribution in [0.3, 0.4) is 0 Å². The van der Waals surface area contributed by atoms with Gasteiger partial charge in [0.25, 0.3) is 0 Å². The normalized spacial score (nSPS) is 12.1. The first kappa shape index (κ1) is 14.9. The number of aryl methyl sites for hydroxylation is 1. The zero-order chi connectivity index (χ0) is 15.4. The zero-order valence-corrected chi connectivity index (χ0v) is 11.4. The summed E-state index contributed by atoms with van der Waals surface area (Å²) in [6.07, 6.45) is 0.139. The smallest absolute Gasteiger partial charge is 0.345 e. The van der Waals surface area contributed by atoms with Crippen LogP contribution in [-0.2, 0) is 18.4 Å². The van der Waals surface area contributed by atoms with Crippen molar-refractivity contribution in [3.63, 3.8) is 0 Å². The number of aliphatic hydroxyl groups is 1. The molecule has 2 rings (SSSR count). The van der Waals surface area contributed by atoms with Crippen molar-refractivity contribution in [3.05, 3.63) is 52.5 Å². The molecule has 7 nitrogen and oxygen atoms in total. The van der Waals surface area contributed by atoms with Crippen LogP contribution < -0.4 is 11.0 Å². The Morgan fingerprint density at radius 3 is 2.81 bits per heavy atom. The van der Waals surface area contributed by atoms with Crippen molar-refractivity contribution in [2.24, 2.45) is 7.05 Å². The summed E-state index contributed by atoms with van der Waals surface area (Å²) in [6, 6.07) is 5.78. The van der Waals surface area contributed by atoms with Gasteiger partial charge in [-0.2, -0.15) is 5.10 Å². The molecule has 2 N–H and O–H groups in total. The van der Waals surface area contributed by atoms with E-state index in [2.05, 4.69) is 10.4 Å². The third-order valence-electron chi connectivity index (χ3n) is 2.94. The highest BCUT2D eigenvalue weighted by molar-refractivity contribution is 5.75. The number of carbonyl (C=O) groups excluding carboxylic acids is 1. The average molecular weight is 294 g/mol. The Bertz CT molecular complexity index is 695. The molecule has 0 fully saturated rings. The van der Waals surface area contributed by atoms with Gasteiger partial charge in [-0.15, -0.1) is 0 Å². The molecule has 1 amide bonds. The van der Waals surface area contributed by atoms with Crippen LogP contribution in [-0.4, -0.2) is 31.9 Å². The van der Waals surface area contributed by atoms with E-state index in [1.807, 2.05) is 0 Å². The number of benzene rings is 1. The standard InChI is InChI=1S/C13H15FN4O3/c1-17-8-16-18(13(17)21)7-12(20)15-6-11(19)9-4-2-3-5-10(9)14/h2-5,8,11,19H,6-7H2,1H3,(H,15,20)/t11-/m1/s1. The maximum atomic E-state index is 13.4. The molecule has 0 radical (unpaired) electrons. The molecule has 0 aliphatic heterocycles. The number of nitrogens with one attached hydrogen (secondary N) is 1. The summed E-state index contributed by atoms with van der Waals surface area (Å²) >= 11 is 0. The van der Waals surface area contributed by atoms with E-state index in [1.165, 1.54) is 36.1 Å². The van der Waals surface area contributed by atoms with Crippen molar-refractivity contribution < 1.29 is 14.3 Å². The highest BCUT2D eigenvalue weighted by Crippen LogP contribution is 2.15. The lowest BCUT2D eigenvalue weighted by molar-refractivity contribution is -0.122. The predicted molar refractivity (Wildman–Crippen MR) is 71.8 cm³/mol. The number of aromatic nitrogens is 3. The van der Waals surface area contributed by atoms with E-state index in [4.69, 9.17) is 0 Å². The summed E-state index contributed by atoms with van der Waals surface area (Å²) in [7, 11) is 1.52. The maximum absolute atomic E-state index is 13.4. The number of hydrogen-bond donors (Lipinski definition) is 2. The monoisotopic (exact) mass is 294 g/mol. The lowest BCUT2D eigenvalue weighted by Gasteiger charge is -2.12. The Morgan fingerprint density at radius 2 is 2.19 bits per heavy atom. The van der Waals surface area contributed by atoms with Crippen LogP contribution in [0.5, 0.6) is 0 Å². The molecule has 1 heterocycles. The van der Waals surface area contributed by atoms with Crippen molar-refractivity contribution in [1.82, 2.24) is 19.7 Å². The number of rotatable bonds is 5. The second-order valence-electron chi connectivity index (χ2n) is 4.52. The Hall–Kier alpha value is -2.48. The molecule has 0 aliphatic rings. The molecule has 1 aromatic carbocycles. The van der Waals surface area contributed by atoms with E-state index in [9.17, 15) is 19.1 Å². The number of aliphatic hydroxyl groups excluding tert-OH is 1. The van der Waals surface area contributed by atoms with Crippen LogP contribution in [0, 0.1) is 5.82 Å². The third kappa shape index (κ3) is 3.54. The Kier molecular flexibility index (Phi) is 4.49. The summed E-state index contributed by atoms with van der Waals surface area (Å²) in [6.45, 7) is -0.412. The van der Waals surface area contributed by atoms with Gasteiger partial charge in [-0.1, -0.05) is 18.2 Å². The van der Waals surface area contributed by atoms with Crippen LogP contribution >= 0.6 is 0 Å². The molecule has 0 aliphatic carbocycles. The van der Waals surface area contributed by atoms with Crippen molar-refractivity contribution in [3.8, 4) is 0 Å². The van der Waals surface area contributed by atoms with Gasteiger partial charge in [0.2, 0.25) is 5.91 Å². The van der Waals surface area contributed by atoms with Crippen LogP contribution in [0.25, 0.3) is 0 Å². The molecule has 0 saturated heterocycles. The van der Waals surface area contributed by atoms with E-state index in [0.29, 0.717) is 0 Å². The van der Waals surface area contributed by atoms with Gasteiger partial charge in [0.15, 0.2) is 0 Å². The highest BCUT2D eigenvalue weighted by atomic mass is 19.1. The summed E-state index contributed by atoms with van der Waals surface area (Å²) in [5, 5.41) is 16.0. The number of halogens is 1. The fourth-order valence-corrected chi connectivity index (χ4v) is 1.79. The predicted octanol–water partition coefficient (Wildman–Crippen LogP) is -0.429. The van der Waals surface area contributed by atoms with E-state index >= 15 is 0 Å². The lowest BCUT2D eigenvalue weighted by atomic mass is 10.1. The fourth-order valence-electron chi connectivity index (χ4n) is 1.79. The van der Waals surface area contributed by atoms with Gasteiger partial charge in [-0.25, -0.2) is 13.9 Å². The average Bonchev–Trinajstić information content (AvgIpc) is 2.77. The first-order valence-electron chi connectivity index (χ1n) is 6.26. The first-order valence-corrected chi connectivity index (χ1v) is 6.26. The minimum Gasteiger partial charge on any atom is -0.386 e. The molecule has 1 atom stereocenters. The third-order valence-corrected chi connectivity index (χ3v) is 2.94. The quantitative estimate of drug-likeness (QED) is 0.783. The van der Waals surface area contributed by atoms with Gasteiger partial charge in [0, 0.05) is 19.2 Å². The topological polar surface area (TPSA) is 89.2 Å². The Labute approximate surface area is 119 Å². The van der Waals surface area contributed by atoms with Crippen molar-refractivity contribution in [2.75, 3.05) is 6.54 Å². The summed E-state index contributed by atoms with van der Waals surface area (Å²) in [5.41, 5.74) is -0.312. The second kappa shape index (κ2) is 6.31. The number of nitrogens with zero attached hydrogens (tertiary/aromatic N) is 3. The van der Waals surface area contributed by atoms with E-state index in [0.717, 1.165) is 4.68 Å². The van der Waals surface area contributed by atoms with Gasteiger partial charge in [0.05, 0.1) is 6.10 Å². The van der Waals surface area contributed by atoms with Gasteiger partial charge in [-0.05, 0) is 6.07 Å². The van der Waals surface area contributed by atoms with Crippen molar-refractivity contribution in [1.29, 1.82) is 0 Å². The molecule has 112 valence electrons.